The van der Waals surface area contributed by atoms with Crippen LogP contribution in [0.1, 0.15) is 154 Å². The summed E-state index contributed by atoms with van der Waals surface area (Å²) < 4.78 is 50.5. The van der Waals surface area contributed by atoms with Gasteiger partial charge in [-0.1, -0.05) is 139 Å². The normalized spacial score (nSPS) is 16.0. The number of aromatic nitrogens is 1. The Morgan fingerprint density at radius 3 is 1.94 bits per heavy atom. The lowest BCUT2D eigenvalue weighted by molar-refractivity contribution is -0.692. The summed E-state index contributed by atoms with van der Waals surface area (Å²) in [5.41, 5.74) is 3.08. The lowest BCUT2D eigenvalue weighted by atomic mass is 10.0. The zero-order valence-electron chi connectivity index (χ0n) is 30.5. The monoisotopic (exact) mass is 723 g/mol. The van der Waals surface area contributed by atoms with E-state index in [1.165, 1.54) is 121 Å². The molecule has 2 aromatic rings. The number of carbonyl (C=O) groups excluding carboxylic acids is 1. The van der Waals surface area contributed by atoms with Gasteiger partial charge in [0, 0.05) is 12.8 Å². The third-order valence-electron chi connectivity index (χ3n) is 8.92. The summed E-state index contributed by atoms with van der Waals surface area (Å²) in [7, 11) is -4.27. The minimum atomic E-state index is -4.27. The number of esters is 1. The average molecular weight is 724 g/mol. The fraction of sp³-hybridized carbons (Fsp3) is 0.744. The molecule has 1 saturated heterocycles. The van der Waals surface area contributed by atoms with Crippen molar-refractivity contribution in [3.63, 3.8) is 0 Å². The van der Waals surface area contributed by atoms with Crippen LogP contribution in [0.15, 0.2) is 46.2 Å². The predicted molar refractivity (Wildman–Crippen MR) is 196 cm³/mol. The maximum absolute atomic E-state index is 12.0. The van der Waals surface area contributed by atoms with Crippen molar-refractivity contribution < 1.29 is 36.5 Å². The van der Waals surface area contributed by atoms with Crippen molar-refractivity contribution in [1.82, 2.24) is 0 Å². The van der Waals surface area contributed by atoms with Gasteiger partial charge in [-0.3, -0.25) is 4.79 Å². The molecule has 1 aliphatic rings. The third-order valence-corrected chi connectivity index (χ3v) is 10.4. The van der Waals surface area contributed by atoms with Crippen molar-refractivity contribution in [3.8, 4) is 0 Å². The molecule has 2 unspecified atom stereocenters. The van der Waals surface area contributed by atoms with Crippen LogP contribution in [-0.2, 0) is 35.7 Å². The van der Waals surface area contributed by atoms with Crippen molar-refractivity contribution >= 4 is 27.4 Å². The molecule has 0 saturated carbocycles. The molecule has 0 radical (unpaired) electrons. The minimum Gasteiger partial charge on any atom is -0.744 e. The lowest BCUT2D eigenvalue weighted by Crippen LogP contribution is -2.29. The molecular formula is C39H65NO7S2. The standard InChI is InChI=1S/C32H58NO4S.C7H8O3S/c1-2-3-4-5-6-7-8-9-10-11-12-13-14-17-20-23-32-36-28-30(37-32)27-35-31(34)22-19-16-15-18-21-24-33-25-26-38-29-33;1-6-2-4-7(5-3-6)11(8,9)10/h25-26,29-30,32H,2-24,27-28H2,1H3;2-5H,1H3,(H,8,9,10)/q+1;/p-1. The number of unbranched alkanes of at least 4 members (excludes halogenated alkanes) is 18. The number of nitrogens with zero attached hydrogens (tertiary/aromatic N) is 1. The second-order valence-electron chi connectivity index (χ2n) is 13.5. The molecule has 1 aromatic heterocycles. The van der Waals surface area contributed by atoms with Crippen molar-refractivity contribution in [2.24, 2.45) is 0 Å². The Bertz CT molecular complexity index is 1170. The van der Waals surface area contributed by atoms with E-state index in [1.54, 1.807) is 23.5 Å². The van der Waals surface area contributed by atoms with Crippen LogP contribution in [0.25, 0.3) is 0 Å². The fourth-order valence-corrected chi connectivity index (χ4v) is 6.97. The highest BCUT2D eigenvalue weighted by Crippen LogP contribution is 2.19. The molecule has 0 amide bonds. The largest absolute Gasteiger partial charge is 0.744 e. The van der Waals surface area contributed by atoms with Crippen LogP contribution in [-0.4, -0.2) is 44.5 Å². The van der Waals surface area contributed by atoms with Crippen LogP contribution in [0.3, 0.4) is 0 Å². The number of thiazole rings is 1. The lowest BCUT2D eigenvalue weighted by Gasteiger charge is -2.12. The van der Waals surface area contributed by atoms with E-state index < -0.39 is 10.1 Å². The minimum absolute atomic E-state index is 0.102. The number of benzene rings is 1. The molecule has 0 N–H and O–H groups in total. The zero-order valence-corrected chi connectivity index (χ0v) is 32.1. The quantitative estimate of drug-likeness (QED) is 0.0391. The van der Waals surface area contributed by atoms with Gasteiger partial charge in [-0.15, -0.1) is 0 Å². The average Bonchev–Trinajstić information content (AvgIpc) is 3.78. The molecular weight excluding hydrogens is 659 g/mol. The highest BCUT2D eigenvalue weighted by molar-refractivity contribution is 7.85. The van der Waals surface area contributed by atoms with E-state index in [4.69, 9.17) is 14.2 Å². The van der Waals surface area contributed by atoms with E-state index in [-0.39, 0.29) is 23.3 Å². The van der Waals surface area contributed by atoms with Gasteiger partial charge in [0.25, 0.3) is 0 Å². The molecule has 1 aromatic carbocycles. The molecule has 0 spiro atoms. The smallest absolute Gasteiger partial charge is 0.305 e. The van der Waals surface area contributed by atoms with Crippen LogP contribution in [0.2, 0.25) is 0 Å². The number of hydrogen-bond donors (Lipinski definition) is 0. The maximum atomic E-state index is 12.0. The third kappa shape index (κ3) is 23.3. The van der Waals surface area contributed by atoms with Crippen molar-refractivity contribution in [2.75, 3.05) is 13.2 Å². The van der Waals surface area contributed by atoms with Gasteiger partial charge in [0.15, 0.2) is 12.5 Å². The van der Waals surface area contributed by atoms with E-state index in [1.807, 2.05) is 6.92 Å². The SMILES string of the molecule is CCCCCCCCCCCCCCCCCC1OCC(COC(=O)CCCCCCC[n+]2ccsc2)O1.Cc1ccc(S(=O)(=O)[O-])cc1. The van der Waals surface area contributed by atoms with Crippen LogP contribution < -0.4 is 4.57 Å². The summed E-state index contributed by atoms with van der Waals surface area (Å²) in [4.78, 5) is 11.9. The summed E-state index contributed by atoms with van der Waals surface area (Å²) in [6.07, 6.45) is 29.6. The summed E-state index contributed by atoms with van der Waals surface area (Å²) in [5, 5.41) is 2.11. The van der Waals surface area contributed by atoms with Crippen LogP contribution in [0, 0.1) is 6.92 Å². The van der Waals surface area contributed by atoms with Gasteiger partial charge in [-0.05, 0) is 44.7 Å². The fourth-order valence-electron chi connectivity index (χ4n) is 5.87. The number of rotatable bonds is 27. The molecule has 1 aliphatic heterocycles. The van der Waals surface area contributed by atoms with Gasteiger partial charge in [-0.2, -0.15) is 4.57 Å². The Morgan fingerprint density at radius 2 is 1.39 bits per heavy atom. The van der Waals surface area contributed by atoms with Crippen molar-refractivity contribution in [1.29, 1.82) is 0 Å². The molecule has 2 atom stereocenters. The Morgan fingerprint density at radius 1 is 0.837 bits per heavy atom. The van der Waals surface area contributed by atoms with Gasteiger partial charge in [0.05, 0.1) is 16.9 Å². The molecule has 8 nitrogen and oxygen atoms in total. The first-order valence-electron chi connectivity index (χ1n) is 19.1. The molecule has 0 aliphatic carbocycles. The van der Waals surface area contributed by atoms with Gasteiger partial charge in [-0.25, -0.2) is 8.42 Å². The molecule has 1 fully saturated rings. The van der Waals surface area contributed by atoms with Crippen molar-refractivity contribution in [3.05, 3.63) is 46.9 Å². The van der Waals surface area contributed by atoms with Crippen LogP contribution >= 0.6 is 11.3 Å². The molecule has 280 valence electrons. The Hall–Kier alpha value is -1.85. The highest BCUT2D eigenvalue weighted by atomic mass is 32.2. The molecule has 10 heteroatoms. The first-order valence-corrected chi connectivity index (χ1v) is 21.5. The zero-order chi connectivity index (χ0) is 35.4. The Labute approximate surface area is 302 Å². The van der Waals surface area contributed by atoms with Crippen LogP contribution in [0.5, 0.6) is 0 Å². The Kier molecular flexibility index (Phi) is 24.6. The van der Waals surface area contributed by atoms with Gasteiger partial charge >= 0.3 is 5.97 Å². The van der Waals surface area contributed by atoms with E-state index in [0.717, 1.165) is 37.8 Å². The van der Waals surface area contributed by atoms with E-state index in [0.29, 0.717) is 19.6 Å². The summed E-state index contributed by atoms with van der Waals surface area (Å²) >= 11 is 1.73. The number of ether oxygens (including phenoxy) is 3. The van der Waals surface area contributed by atoms with Gasteiger partial charge in [0.1, 0.15) is 29.4 Å². The van der Waals surface area contributed by atoms with E-state index in [2.05, 4.69) is 28.6 Å². The van der Waals surface area contributed by atoms with Crippen molar-refractivity contribution in [2.45, 2.75) is 179 Å². The number of hydrogen-bond acceptors (Lipinski definition) is 8. The first kappa shape index (κ1) is 43.3. The second kappa shape index (κ2) is 27.8. The number of aryl methyl sites for hydroxylation is 2. The Balaban J connectivity index is 0.000000639. The molecule has 0 bridgehead atoms. The predicted octanol–water partition coefficient (Wildman–Crippen LogP) is 9.82. The number of carbonyl (C=O) groups is 1. The van der Waals surface area contributed by atoms with Gasteiger partial charge < -0.3 is 18.8 Å². The first-order chi connectivity index (χ1) is 23.8. The topological polar surface area (TPSA) is 106 Å². The summed E-state index contributed by atoms with van der Waals surface area (Å²) in [6, 6.07) is 5.78. The highest BCUT2D eigenvalue weighted by Gasteiger charge is 2.26. The summed E-state index contributed by atoms with van der Waals surface area (Å²) in [6.45, 7) is 6.06. The second-order valence-corrected chi connectivity index (χ2v) is 15.6. The maximum Gasteiger partial charge on any atom is 0.305 e. The van der Waals surface area contributed by atoms with Crippen LogP contribution in [0.4, 0.5) is 0 Å². The summed E-state index contributed by atoms with van der Waals surface area (Å²) in [5.74, 6) is -0.103. The molecule has 3 rings (SSSR count). The van der Waals surface area contributed by atoms with E-state index >= 15 is 0 Å². The van der Waals surface area contributed by atoms with Gasteiger partial charge in [0.2, 0.25) is 5.51 Å². The molecule has 2 heterocycles. The molecule has 49 heavy (non-hydrogen) atoms. The van der Waals surface area contributed by atoms with E-state index in [9.17, 15) is 17.8 Å².